The Balaban J connectivity index is 1.44. The number of piperidine rings is 1. The largest absolute Gasteiger partial charge is 0.341 e. The van der Waals surface area contributed by atoms with E-state index < -0.39 is 0 Å². The maximum atomic E-state index is 13.4. The van der Waals surface area contributed by atoms with Crippen LogP contribution in [0, 0.1) is 13.8 Å². The number of likely N-dealkylation sites (tertiary alicyclic amines) is 1. The Morgan fingerprint density at radius 2 is 1.97 bits per heavy atom. The fourth-order valence-corrected chi connectivity index (χ4v) is 4.88. The van der Waals surface area contributed by atoms with Crippen molar-refractivity contribution in [2.24, 2.45) is 0 Å². The average molecular weight is 387 g/mol. The van der Waals surface area contributed by atoms with Gasteiger partial charge in [-0.3, -0.25) is 4.79 Å². The summed E-state index contributed by atoms with van der Waals surface area (Å²) in [5, 5.41) is 0. The lowest BCUT2D eigenvalue weighted by Gasteiger charge is -2.40. The van der Waals surface area contributed by atoms with Crippen molar-refractivity contribution in [2.45, 2.75) is 44.9 Å². The highest BCUT2D eigenvalue weighted by atomic mass is 16.2. The van der Waals surface area contributed by atoms with Crippen LogP contribution in [0.1, 0.15) is 52.5 Å². The minimum absolute atomic E-state index is 0.0132. The molecule has 1 amide bonds. The Kier molecular flexibility index (Phi) is 4.23. The van der Waals surface area contributed by atoms with Crippen molar-refractivity contribution in [1.82, 2.24) is 24.8 Å². The van der Waals surface area contributed by atoms with Gasteiger partial charge in [0.15, 0.2) is 0 Å². The first kappa shape index (κ1) is 18.0. The Labute approximate surface area is 170 Å². The summed E-state index contributed by atoms with van der Waals surface area (Å²) in [6.45, 7) is 5.35. The zero-order valence-electron chi connectivity index (χ0n) is 16.9. The summed E-state index contributed by atoms with van der Waals surface area (Å²) >= 11 is 0. The standard InChI is InChI=1S/C23H25N5O/c1-15-19(27-21(25-15)17-7-4-3-5-8-17)22(29)28-12-6-10-23(14-28)11-9-18-13-24-16(2)26-20(18)23/h3-5,7-8,13H,6,9-12,14H2,1-2H3,(H,25,27). The van der Waals surface area contributed by atoms with Crippen LogP contribution in [0.15, 0.2) is 36.5 Å². The third-order valence-corrected chi connectivity index (χ3v) is 6.36. The van der Waals surface area contributed by atoms with Crippen LogP contribution in [0.2, 0.25) is 0 Å². The average Bonchev–Trinajstić information content (AvgIpc) is 3.29. The minimum atomic E-state index is -0.0383. The van der Waals surface area contributed by atoms with Gasteiger partial charge in [-0.25, -0.2) is 15.0 Å². The summed E-state index contributed by atoms with van der Waals surface area (Å²) in [5.74, 6) is 1.57. The number of hydrogen-bond acceptors (Lipinski definition) is 4. The van der Waals surface area contributed by atoms with E-state index in [1.54, 1.807) is 0 Å². The molecule has 1 unspecified atom stereocenters. The van der Waals surface area contributed by atoms with Gasteiger partial charge < -0.3 is 9.88 Å². The summed E-state index contributed by atoms with van der Waals surface area (Å²) in [6, 6.07) is 9.93. The molecule has 6 heteroatoms. The molecule has 0 bridgehead atoms. The van der Waals surface area contributed by atoms with E-state index >= 15 is 0 Å². The number of rotatable bonds is 2. The van der Waals surface area contributed by atoms with Gasteiger partial charge >= 0.3 is 0 Å². The maximum absolute atomic E-state index is 13.4. The van der Waals surface area contributed by atoms with Gasteiger partial charge in [-0.05, 0) is 45.1 Å². The van der Waals surface area contributed by atoms with E-state index in [-0.39, 0.29) is 11.3 Å². The summed E-state index contributed by atoms with van der Waals surface area (Å²) < 4.78 is 0. The molecular weight excluding hydrogens is 362 g/mol. The first-order valence-corrected chi connectivity index (χ1v) is 10.3. The van der Waals surface area contributed by atoms with Gasteiger partial charge in [0.2, 0.25) is 0 Å². The number of aromatic nitrogens is 4. The molecule has 3 heterocycles. The van der Waals surface area contributed by atoms with Crippen LogP contribution in [0.25, 0.3) is 11.4 Å². The molecule has 6 nitrogen and oxygen atoms in total. The predicted octanol–water partition coefficient (Wildman–Crippen LogP) is 3.60. The summed E-state index contributed by atoms with van der Waals surface area (Å²) in [4.78, 5) is 32.5. The van der Waals surface area contributed by atoms with Crippen molar-refractivity contribution in [2.75, 3.05) is 13.1 Å². The number of benzene rings is 1. The topological polar surface area (TPSA) is 74.8 Å². The zero-order valence-corrected chi connectivity index (χ0v) is 16.9. The third-order valence-electron chi connectivity index (χ3n) is 6.36. The lowest BCUT2D eigenvalue weighted by Crippen LogP contribution is -2.48. The van der Waals surface area contributed by atoms with E-state index in [1.165, 1.54) is 5.56 Å². The summed E-state index contributed by atoms with van der Waals surface area (Å²) in [5.41, 5.74) is 4.69. The number of aromatic amines is 1. The number of nitrogens with zero attached hydrogens (tertiary/aromatic N) is 4. The number of amides is 1. The van der Waals surface area contributed by atoms with Gasteiger partial charge in [-0.15, -0.1) is 0 Å². The van der Waals surface area contributed by atoms with Crippen molar-refractivity contribution >= 4 is 5.91 Å². The number of carbonyl (C=O) groups is 1. The van der Waals surface area contributed by atoms with Gasteiger partial charge in [0.25, 0.3) is 5.91 Å². The molecule has 1 aliphatic carbocycles. The number of nitrogens with one attached hydrogen (secondary N) is 1. The second-order valence-electron chi connectivity index (χ2n) is 8.33. The van der Waals surface area contributed by atoms with Crippen molar-refractivity contribution < 1.29 is 4.79 Å². The fraction of sp³-hybridized carbons (Fsp3) is 0.391. The van der Waals surface area contributed by atoms with Crippen LogP contribution in [0.4, 0.5) is 0 Å². The smallest absolute Gasteiger partial charge is 0.274 e. The minimum Gasteiger partial charge on any atom is -0.341 e. The van der Waals surface area contributed by atoms with Gasteiger partial charge in [-0.2, -0.15) is 0 Å². The zero-order chi connectivity index (χ0) is 20.0. The Morgan fingerprint density at radius 1 is 1.14 bits per heavy atom. The molecule has 148 valence electrons. The molecule has 1 fully saturated rings. The van der Waals surface area contributed by atoms with Crippen LogP contribution in [0.5, 0.6) is 0 Å². The van der Waals surface area contributed by atoms with Crippen LogP contribution in [0.3, 0.4) is 0 Å². The number of imidazole rings is 1. The maximum Gasteiger partial charge on any atom is 0.274 e. The molecule has 1 aromatic carbocycles. The van der Waals surface area contributed by atoms with Crippen molar-refractivity contribution in [1.29, 1.82) is 0 Å². The van der Waals surface area contributed by atoms with Crippen LogP contribution < -0.4 is 0 Å². The van der Waals surface area contributed by atoms with Gasteiger partial charge in [0, 0.05) is 36.0 Å². The third kappa shape index (κ3) is 3.03. The highest BCUT2D eigenvalue weighted by molar-refractivity contribution is 5.94. The second-order valence-corrected chi connectivity index (χ2v) is 8.33. The number of hydrogen-bond donors (Lipinski definition) is 1. The van der Waals surface area contributed by atoms with Crippen molar-refractivity contribution in [3.8, 4) is 11.4 Å². The molecule has 3 aromatic rings. The molecular formula is C23H25N5O. The Bertz CT molecular complexity index is 1070. The SMILES string of the molecule is Cc1ncc2c(n1)C1(CCCN(C(=O)c3nc(-c4ccccc4)[nH]c3C)C1)CC2. The molecule has 0 radical (unpaired) electrons. The number of fused-ring (bicyclic) bond motifs is 2. The molecule has 2 aromatic heterocycles. The second kappa shape index (κ2) is 6.79. The van der Waals surface area contributed by atoms with Crippen LogP contribution >= 0.6 is 0 Å². The first-order chi connectivity index (χ1) is 14.1. The quantitative estimate of drug-likeness (QED) is 0.729. The monoisotopic (exact) mass is 387 g/mol. The van der Waals surface area contributed by atoms with E-state index in [9.17, 15) is 4.79 Å². The molecule has 1 spiro atoms. The van der Waals surface area contributed by atoms with E-state index in [2.05, 4.69) is 15.0 Å². The molecule has 0 saturated carbocycles. The fourth-order valence-electron chi connectivity index (χ4n) is 4.88. The van der Waals surface area contributed by atoms with Gasteiger partial charge in [0.1, 0.15) is 17.3 Å². The molecule has 2 aliphatic rings. The highest BCUT2D eigenvalue weighted by Gasteiger charge is 2.45. The first-order valence-electron chi connectivity index (χ1n) is 10.3. The molecule has 29 heavy (non-hydrogen) atoms. The van der Waals surface area contributed by atoms with Gasteiger partial charge in [-0.1, -0.05) is 30.3 Å². The molecule has 1 saturated heterocycles. The van der Waals surface area contributed by atoms with Crippen molar-refractivity contribution in [3.05, 3.63) is 65.0 Å². The molecule has 5 rings (SSSR count). The molecule has 1 N–H and O–H groups in total. The lowest BCUT2D eigenvalue weighted by molar-refractivity contribution is 0.0627. The van der Waals surface area contributed by atoms with E-state index in [0.717, 1.165) is 60.8 Å². The molecule has 1 aliphatic heterocycles. The number of carbonyl (C=O) groups excluding carboxylic acids is 1. The lowest BCUT2D eigenvalue weighted by atomic mass is 9.77. The molecule has 1 atom stereocenters. The van der Waals surface area contributed by atoms with E-state index in [0.29, 0.717) is 12.2 Å². The van der Waals surface area contributed by atoms with E-state index in [4.69, 9.17) is 4.98 Å². The number of aryl methyl sites for hydroxylation is 3. The Hall–Kier alpha value is -3.02. The summed E-state index contributed by atoms with van der Waals surface area (Å²) in [7, 11) is 0. The van der Waals surface area contributed by atoms with Crippen molar-refractivity contribution in [3.63, 3.8) is 0 Å². The summed E-state index contributed by atoms with van der Waals surface area (Å²) in [6.07, 6.45) is 6.08. The highest BCUT2D eigenvalue weighted by Crippen LogP contribution is 2.44. The van der Waals surface area contributed by atoms with Gasteiger partial charge in [0.05, 0.1) is 5.69 Å². The predicted molar refractivity (Wildman–Crippen MR) is 111 cm³/mol. The van der Waals surface area contributed by atoms with Crippen LogP contribution in [-0.4, -0.2) is 43.8 Å². The van der Waals surface area contributed by atoms with Crippen LogP contribution in [-0.2, 0) is 11.8 Å². The normalized spacial score (nSPS) is 20.8. The number of H-pyrrole nitrogens is 1. The van der Waals surface area contributed by atoms with E-state index in [1.807, 2.05) is 55.3 Å². The Morgan fingerprint density at radius 3 is 2.79 bits per heavy atom.